The predicted octanol–water partition coefficient (Wildman–Crippen LogP) is 0.446. The third-order valence-corrected chi connectivity index (χ3v) is 4.34. The Morgan fingerprint density at radius 1 is 1.44 bits per heavy atom. The summed E-state index contributed by atoms with van der Waals surface area (Å²) >= 11 is 5.95. The molecule has 0 unspecified atom stereocenters. The van der Waals surface area contributed by atoms with Crippen molar-refractivity contribution in [3.63, 3.8) is 0 Å². The number of carboxylic acid groups (broad SMARTS) is 1. The van der Waals surface area contributed by atoms with Crippen molar-refractivity contribution in [2.45, 2.75) is 38.8 Å². The van der Waals surface area contributed by atoms with Crippen LogP contribution in [0.2, 0.25) is 5.15 Å². The summed E-state index contributed by atoms with van der Waals surface area (Å²) in [6.07, 6.45) is 0.503. The molecule has 1 aliphatic rings. The smallest absolute Gasteiger partial charge is 0.394 e. The molecule has 10 heteroatoms. The molecule has 1 aromatic heterocycles. The van der Waals surface area contributed by atoms with E-state index in [0.717, 1.165) is 0 Å². The summed E-state index contributed by atoms with van der Waals surface area (Å²) < 4.78 is 5.58. The van der Waals surface area contributed by atoms with E-state index in [1.807, 2.05) is 6.92 Å². The van der Waals surface area contributed by atoms with Gasteiger partial charge in [-0.05, 0) is 19.8 Å². The molecular formula is C15H21ClN4O5. The second kappa shape index (κ2) is 8.30. The van der Waals surface area contributed by atoms with Crippen molar-refractivity contribution in [3.05, 3.63) is 16.7 Å². The number of imidazole rings is 1. The van der Waals surface area contributed by atoms with Crippen LogP contribution in [0.4, 0.5) is 0 Å². The van der Waals surface area contributed by atoms with Gasteiger partial charge in [-0.1, -0.05) is 18.5 Å². The molecule has 1 saturated heterocycles. The first-order chi connectivity index (χ1) is 11.9. The van der Waals surface area contributed by atoms with E-state index in [0.29, 0.717) is 25.1 Å². The molecule has 1 aromatic rings. The SMILES string of the molecule is CCO[C@@H]1CN(C(=O)C(=O)O)CC[C@@H]1NC(=O)c1nc(Cl)c(CC)[nH]1. The molecule has 1 fully saturated rings. The summed E-state index contributed by atoms with van der Waals surface area (Å²) in [5, 5.41) is 11.9. The number of hydrogen-bond acceptors (Lipinski definition) is 5. The zero-order chi connectivity index (χ0) is 18.6. The van der Waals surface area contributed by atoms with Crippen LogP contribution in [0.5, 0.6) is 0 Å². The highest BCUT2D eigenvalue weighted by atomic mass is 35.5. The lowest BCUT2D eigenvalue weighted by molar-refractivity contribution is -0.158. The molecule has 3 N–H and O–H groups in total. The fourth-order valence-electron chi connectivity index (χ4n) is 2.75. The van der Waals surface area contributed by atoms with Crippen molar-refractivity contribution >= 4 is 29.4 Å². The largest absolute Gasteiger partial charge is 0.474 e. The third kappa shape index (κ3) is 4.49. The summed E-state index contributed by atoms with van der Waals surface area (Å²) in [6.45, 7) is 4.37. The summed E-state index contributed by atoms with van der Waals surface area (Å²) in [5.41, 5.74) is 0.676. The number of ether oxygens (including phenoxy) is 1. The van der Waals surface area contributed by atoms with Crippen LogP contribution in [0.15, 0.2) is 0 Å². The number of carbonyl (C=O) groups is 3. The van der Waals surface area contributed by atoms with E-state index < -0.39 is 23.9 Å². The number of likely N-dealkylation sites (tertiary alicyclic amines) is 1. The van der Waals surface area contributed by atoms with Gasteiger partial charge in [-0.15, -0.1) is 0 Å². The second-order valence-electron chi connectivity index (χ2n) is 5.63. The highest BCUT2D eigenvalue weighted by Gasteiger charge is 2.35. The van der Waals surface area contributed by atoms with Crippen molar-refractivity contribution in [2.75, 3.05) is 19.7 Å². The molecule has 2 rings (SSSR count). The number of aromatic nitrogens is 2. The van der Waals surface area contributed by atoms with Gasteiger partial charge >= 0.3 is 11.9 Å². The lowest BCUT2D eigenvalue weighted by atomic mass is 10.0. The molecule has 2 amide bonds. The van der Waals surface area contributed by atoms with Crippen LogP contribution in [0.25, 0.3) is 0 Å². The Kier molecular flexibility index (Phi) is 6.38. The topological polar surface area (TPSA) is 125 Å². The van der Waals surface area contributed by atoms with E-state index >= 15 is 0 Å². The molecule has 25 heavy (non-hydrogen) atoms. The number of H-pyrrole nitrogens is 1. The number of halogens is 1. The molecule has 9 nitrogen and oxygen atoms in total. The van der Waals surface area contributed by atoms with E-state index in [4.69, 9.17) is 21.4 Å². The second-order valence-corrected chi connectivity index (χ2v) is 5.99. The Balaban J connectivity index is 2.05. The van der Waals surface area contributed by atoms with E-state index in [2.05, 4.69) is 15.3 Å². The van der Waals surface area contributed by atoms with Gasteiger partial charge in [0.2, 0.25) is 0 Å². The van der Waals surface area contributed by atoms with Gasteiger partial charge in [-0.25, -0.2) is 9.78 Å². The number of hydrogen-bond donors (Lipinski definition) is 3. The highest BCUT2D eigenvalue weighted by molar-refractivity contribution is 6.31. The normalized spacial score (nSPS) is 20.4. The first kappa shape index (κ1) is 19.2. The van der Waals surface area contributed by atoms with Gasteiger partial charge in [-0.3, -0.25) is 9.59 Å². The first-order valence-electron chi connectivity index (χ1n) is 8.06. The fourth-order valence-corrected chi connectivity index (χ4v) is 3.02. The standard InChI is InChI=1S/C15H21ClN4O5/c1-3-8-11(16)19-12(17-8)13(21)18-9-5-6-20(14(22)15(23)24)7-10(9)25-4-2/h9-10H,3-7H2,1-2H3,(H,17,19)(H,18,21)(H,23,24)/t9-,10+/m0/s1. The first-order valence-corrected chi connectivity index (χ1v) is 8.44. The maximum absolute atomic E-state index is 12.4. The van der Waals surface area contributed by atoms with Gasteiger partial charge in [-0.2, -0.15) is 0 Å². The van der Waals surface area contributed by atoms with Crippen molar-refractivity contribution in [3.8, 4) is 0 Å². The summed E-state index contributed by atoms with van der Waals surface area (Å²) in [4.78, 5) is 42.9. The lowest BCUT2D eigenvalue weighted by Gasteiger charge is -2.37. The third-order valence-electron chi connectivity index (χ3n) is 4.02. The van der Waals surface area contributed by atoms with Crippen molar-refractivity contribution in [1.29, 1.82) is 0 Å². The Hall–Kier alpha value is -2.13. The Morgan fingerprint density at radius 2 is 2.16 bits per heavy atom. The number of aliphatic carboxylic acids is 1. The van der Waals surface area contributed by atoms with Crippen molar-refractivity contribution in [1.82, 2.24) is 20.2 Å². The van der Waals surface area contributed by atoms with E-state index in [1.165, 1.54) is 4.90 Å². The van der Waals surface area contributed by atoms with Crippen LogP contribution in [-0.2, 0) is 20.7 Å². The minimum atomic E-state index is -1.50. The summed E-state index contributed by atoms with van der Waals surface area (Å²) in [7, 11) is 0. The zero-order valence-electron chi connectivity index (χ0n) is 14.0. The fraction of sp³-hybridized carbons (Fsp3) is 0.600. The maximum atomic E-state index is 12.4. The van der Waals surface area contributed by atoms with Crippen LogP contribution < -0.4 is 5.32 Å². The molecule has 1 aliphatic heterocycles. The average molecular weight is 373 g/mol. The number of rotatable bonds is 5. The van der Waals surface area contributed by atoms with Gasteiger partial charge in [0.25, 0.3) is 5.91 Å². The van der Waals surface area contributed by atoms with Gasteiger partial charge in [0, 0.05) is 19.7 Å². The van der Waals surface area contributed by atoms with Gasteiger partial charge in [0.1, 0.15) is 0 Å². The average Bonchev–Trinajstić information content (AvgIpc) is 2.96. The number of aromatic amines is 1. The minimum absolute atomic E-state index is 0.100. The number of nitrogens with one attached hydrogen (secondary N) is 2. The highest BCUT2D eigenvalue weighted by Crippen LogP contribution is 2.17. The quantitative estimate of drug-likeness (QED) is 0.644. The molecule has 0 aliphatic carbocycles. The summed E-state index contributed by atoms with van der Waals surface area (Å²) in [6, 6.07) is -0.362. The molecule has 2 heterocycles. The lowest BCUT2D eigenvalue weighted by Crippen LogP contribution is -2.57. The molecule has 0 spiro atoms. The number of nitrogens with zero attached hydrogens (tertiary/aromatic N) is 2. The van der Waals surface area contributed by atoms with E-state index in [-0.39, 0.29) is 30.1 Å². The monoisotopic (exact) mass is 372 g/mol. The van der Waals surface area contributed by atoms with Crippen LogP contribution in [0.1, 0.15) is 36.6 Å². The van der Waals surface area contributed by atoms with Crippen LogP contribution in [0.3, 0.4) is 0 Å². The maximum Gasteiger partial charge on any atom is 0.394 e. The number of amides is 2. The molecule has 138 valence electrons. The summed E-state index contributed by atoms with van der Waals surface area (Å²) in [5.74, 6) is -2.79. The van der Waals surface area contributed by atoms with Crippen LogP contribution >= 0.6 is 11.6 Å². The molecule has 0 radical (unpaired) electrons. The van der Waals surface area contributed by atoms with Gasteiger partial charge in [0.05, 0.1) is 17.8 Å². The van der Waals surface area contributed by atoms with Crippen molar-refractivity contribution < 1.29 is 24.2 Å². The molecule has 2 atom stereocenters. The molecular weight excluding hydrogens is 352 g/mol. The van der Waals surface area contributed by atoms with Crippen molar-refractivity contribution in [2.24, 2.45) is 0 Å². The Labute approximate surface area is 149 Å². The number of piperidine rings is 1. The van der Waals surface area contributed by atoms with Crippen LogP contribution in [0, 0.1) is 0 Å². The predicted molar refractivity (Wildman–Crippen MR) is 88.5 cm³/mol. The number of aryl methyl sites for hydroxylation is 1. The van der Waals surface area contributed by atoms with Gasteiger partial charge < -0.3 is 25.0 Å². The van der Waals surface area contributed by atoms with Crippen LogP contribution in [-0.4, -0.2) is 69.6 Å². The van der Waals surface area contributed by atoms with Gasteiger partial charge in [0.15, 0.2) is 11.0 Å². The molecule has 0 bridgehead atoms. The minimum Gasteiger partial charge on any atom is -0.474 e. The number of carbonyl (C=O) groups excluding carboxylic acids is 2. The Morgan fingerprint density at radius 3 is 2.72 bits per heavy atom. The molecule has 0 aromatic carbocycles. The van der Waals surface area contributed by atoms with E-state index in [1.54, 1.807) is 6.92 Å². The molecule has 0 saturated carbocycles. The Bertz CT molecular complexity index is 662. The van der Waals surface area contributed by atoms with E-state index in [9.17, 15) is 14.4 Å². The number of carboxylic acids is 1. The zero-order valence-corrected chi connectivity index (χ0v) is 14.8.